The van der Waals surface area contributed by atoms with Crippen LogP contribution in [0.1, 0.15) is 19.3 Å². The number of ether oxygens (including phenoxy) is 2. The number of methoxy groups -OCH3 is 1. The number of amides is 1. The topological polar surface area (TPSA) is 62.2 Å². The molecule has 0 bridgehead atoms. The molecule has 6 nitrogen and oxygen atoms in total. The molecule has 0 radical (unpaired) electrons. The molecule has 1 saturated carbocycles. The molecule has 1 aliphatic heterocycles. The first-order valence-electron chi connectivity index (χ1n) is 7.39. The van der Waals surface area contributed by atoms with E-state index in [4.69, 9.17) is 9.47 Å². The third kappa shape index (κ3) is 3.49. The van der Waals surface area contributed by atoms with Gasteiger partial charge in [-0.2, -0.15) is 0 Å². The van der Waals surface area contributed by atoms with E-state index in [0.717, 1.165) is 45.6 Å². The number of hydrogen-bond donors (Lipinski definition) is 1. The lowest BCUT2D eigenvalue weighted by atomic mass is 9.86. The van der Waals surface area contributed by atoms with Crippen molar-refractivity contribution in [1.82, 2.24) is 9.80 Å². The molecule has 0 aromatic heterocycles. The number of carbonyl (C=O) groups excluding carboxylic acids is 1. The summed E-state index contributed by atoms with van der Waals surface area (Å²) in [6.45, 7) is 3.26. The molecule has 3 atom stereocenters. The first-order valence-corrected chi connectivity index (χ1v) is 7.39. The lowest BCUT2D eigenvalue weighted by Crippen LogP contribution is -2.59. The lowest BCUT2D eigenvalue weighted by molar-refractivity contribution is -0.142. The number of morpholine rings is 1. The molecule has 0 aromatic carbocycles. The molecule has 6 heteroatoms. The van der Waals surface area contributed by atoms with Crippen molar-refractivity contribution in [1.29, 1.82) is 0 Å². The van der Waals surface area contributed by atoms with Crippen LogP contribution in [-0.4, -0.2) is 86.1 Å². The zero-order chi connectivity index (χ0) is 14.5. The summed E-state index contributed by atoms with van der Waals surface area (Å²) < 4.78 is 10.3. The summed E-state index contributed by atoms with van der Waals surface area (Å²) in [5.41, 5.74) is 0. The highest BCUT2D eigenvalue weighted by Gasteiger charge is 2.38. The number of likely N-dealkylation sites (N-methyl/N-ethyl adjacent to an activating group) is 1. The molecule has 1 aliphatic carbocycles. The Morgan fingerprint density at radius 3 is 2.75 bits per heavy atom. The summed E-state index contributed by atoms with van der Waals surface area (Å²) in [6, 6.07) is 0.0229. The smallest absolute Gasteiger partial charge is 0.248 e. The summed E-state index contributed by atoms with van der Waals surface area (Å²) in [5, 5.41) is 10.7. The van der Waals surface area contributed by atoms with E-state index in [2.05, 4.69) is 4.90 Å². The van der Waals surface area contributed by atoms with E-state index in [0.29, 0.717) is 0 Å². The zero-order valence-corrected chi connectivity index (χ0v) is 12.5. The predicted molar refractivity (Wildman–Crippen MR) is 74.5 cm³/mol. The van der Waals surface area contributed by atoms with Crippen molar-refractivity contribution in [3.63, 3.8) is 0 Å². The van der Waals surface area contributed by atoms with Gasteiger partial charge in [-0.1, -0.05) is 0 Å². The monoisotopic (exact) mass is 286 g/mol. The van der Waals surface area contributed by atoms with Crippen molar-refractivity contribution in [2.75, 3.05) is 47.1 Å². The van der Waals surface area contributed by atoms with Gasteiger partial charge in [-0.3, -0.25) is 9.69 Å². The van der Waals surface area contributed by atoms with E-state index in [9.17, 15) is 9.90 Å². The second-order valence-corrected chi connectivity index (χ2v) is 5.64. The number of nitrogens with zero attached hydrogens (tertiary/aromatic N) is 2. The van der Waals surface area contributed by atoms with E-state index in [1.54, 1.807) is 11.9 Å². The van der Waals surface area contributed by atoms with Crippen molar-refractivity contribution in [3.8, 4) is 0 Å². The molecule has 116 valence electrons. The third-order valence-corrected chi connectivity index (χ3v) is 4.46. The van der Waals surface area contributed by atoms with Crippen molar-refractivity contribution < 1.29 is 19.4 Å². The van der Waals surface area contributed by atoms with E-state index >= 15 is 0 Å². The third-order valence-electron chi connectivity index (χ3n) is 4.46. The number of rotatable bonds is 4. The largest absolute Gasteiger partial charge is 0.389 e. The van der Waals surface area contributed by atoms with Crippen molar-refractivity contribution >= 4 is 5.91 Å². The predicted octanol–water partition coefficient (Wildman–Crippen LogP) is -0.295. The maximum absolute atomic E-state index is 11.9. The number of carbonyl (C=O) groups is 1. The summed E-state index contributed by atoms with van der Waals surface area (Å²) in [7, 11) is 3.27. The second kappa shape index (κ2) is 7.36. The average molecular weight is 286 g/mol. The maximum Gasteiger partial charge on any atom is 0.248 e. The molecule has 1 amide bonds. The lowest BCUT2D eigenvalue weighted by Gasteiger charge is -2.45. The molecule has 1 heterocycles. The highest BCUT2D eigenvalue weighted by atomic mass is 16.5. The normalized spacial score (nSPS) is 32.0. The van der Waals surface area contributed by atoms with Gasteiger partial charge in [0.05, 0.1) is 25.4 Å². The molecule has 0 aromatic rings. The Morgan fingerprint density at radius 1 is 1.40 bits per heavy atom. The van der Waals surface area contributed by atoms with Gasteiger partial charge in [-0.15, -0.1) is 0 Å². The van der Waals surface area contributed by atoms with Crippen LogP contribution < -0.4 is 0 Å². The molecule has 2 fully saturated rings. The van der Waals surface area contributed by atoms with E-state index < -0.39 is 6.10 Å². The van der Waals surface area contributed by atoms with Gasteiger partial charge in [-0.25, -0.2) is 0 Å². The molecule has 2 aliphatic rings. The highest BCUT2D eigenvalue weighted by Crippen LogP contribution is 2.27. The van der Waals surface area contributed by atoms with E-state index in [1.165, 1.54) is 7.11 Å². The van der Waals surface area contributed by atoms with Crippen LogP contribution in [0.5, 0.6) is 0 Å². The average Bonchev–Trinajstić information content (AvgIpc) is 2.48. The number of hydrogen-bond acceptors (Lipinski definition) is 5. The Kier molecular flexibility index (Phi) is 5.77. The summed E-state index contributed by atoms with van der Waals surface area (Å²) in [4.78, 5) is 15.9. The van der Waals surface area contributed by atoms with Gasteiger partial charge in [0.25, 0.3) is 0 Å². The Hall–Kier alpha value is -0.690. The quantitative estimate of drug-likeness (QED) is 0.769. The zero-order valence-electron chi connectivity index (χ0n) is 12.5. The van der Waals surface area contributed by atoms with Crippen LogP contribution in [0.2, 0.25) is 0 Å². The minimum Gasteiger partial charge on any atom is -0.389 e. The minimum absolute atomic E-state index is 0.0702. The molecule has 1 N–H and O–H groups in total. The van der Waals surface area contributed by atoms with Crippen molar-refractivity contribution in [3.05, 3.63) is 0 Å². The van der Waals surface area contributed by atoms with Crippen LogP contribution in [-0.2, 0) is 14.3 Å². The number of aliphatic hydroxyl groups excluding tert-OH is 1. The van der Waals surface area contributed by atoms with E-state index in [-0.39, 0.29) is 24.6 Å². The van der Waals surface area contributed by atoms with E-state index in [1.807, 2.05) is 0 Å². The van der Waals surface area contributed by atoms with Crippen molar-refractivity contribution in [2.45, 2.75) is 37.5 Å². The van der Waals surface area contributed by atoms with Crippen LogP contribution >= 0.6 is 0 Å². The Labute approximate surface area is 120 Å². The summed E-state index contributed by atoms with van der Waals surface area (Å²) in [5.74, 6) is -0.0702. The first kappa shape index (κ1) is 15.7. The molecule has 0 spiro atoms. The van der Waals surface area contributed by atoms with Gasteiger partial charge in [0.1, 0.15) is 6.61 Å². The molecule has 2 rings (SSSR count). The standard InChI is InChI=1S/C14H26N2O4/c1-15(13(17)10-19-2)11-4-3-5-12(14(11)18)16-6-8-20-9-7-16/h11-12,14,18H,3-10H2,1-2H3/t11-,12-,14-/m1/s1. The SMILES string of the molecule is COCC(=O)N(C)[C@@H]1CCC[C@@H](N2CCOCC2)[C@@H]1O. The number of aliphatic hydroxyl groups is 1. The van der Waals surface area contributed by atoms with Gasteiger partial charge in [-0.05, 0) is 19.3 Å². The van der Waals surface area contributed by atoms with Crippen LogP contribution in [0.25, 0.3) is 0 Å². The Bertz CT molecular complexity index is 320. The fraction of sp³-hybridized carbons (Fsp3) is 0.929. The first-order chi connectivity index (χ1) is 9.65. The second-order valence-electron chi connectivity index (χ2n) is 5.64. The minimum atomic E-state index is -0.493. The van der Waals surface area contributed by atoms with Crippen molar-refractivity contribution in [2.24, 2.45) is 0 Å². The molecular weight excluding hydrogens is 260 g/mol. The highest BCUT2D eigenvalue weighted by molar-refractivity contribution is 5.77. The van der Waals surface area contributed by atoms with Gasteiger partial charge in [0.15, 0.2) is 0 Å². The molecule has 1 saturated heterocycles. The van der Waals surface area contributed by atoms with Gasteiger partial charge >= 0.3 is 0 Å². The maximum atomic E-state index is 11.9. The summed E-state index contributed by atoms with van der Waals surface area (Å²) in [6.07, 6.45) is 2.39. The Morgan fingerprint density at radius 2 is 2.10 bits per heavy atom. The van der Waals surface area contributed by atoms with Gasteiger partial charge < -0.3 is 19.5 Å². The molecule has 20 heavy (non-hydrogen) atoms. The summed E-state index contributed by atoms with van der Waals surface area (Å²) >= 11 is 0. The fourth-order valence-electron chi connectivity index (χ4n) is 3.27. The fourth-order valence-corrected chi connectivity index (χ4v) is 3.27. The molecule has 0 unspecified atom stereocenters. The molecular formula is C14H26N2O4. The van der Waals surface area contributed by atoms with Crippen LogP contribution in [0.4, 0.5) is 0 Å². The van der Waals surface area contributed by atoms with Crippen LogP contribution in [0.3, 0.4) is 0 Å². The Balaban J connectivity index is 1.98. The van der Waals surface area contributed by atoms with Crippen LogP contribution in [0, 0.1) is 0 Å². The van der Waals surface area contributed by atoms with Gasteiger partial charge in [0, 0.05) is 33.3 Å². The van der Waals surface area contributed by atoms with Crippen LogP contribution in [0.15, 0.2) is 0 Å². The van der Waals surface area contributed by atoms with Gasteiger partial charge in [0.2, 0.25) is 5.91 Å².